The maximum absolute atomic E-state index is 5.47. The second-order valence-electron chi connectivity index (χ2n) is 7.81. The first-order valence-electron chi connectivity index (χ1n) is 10.5. The Morgan fingerprint density at radius 2 is 1.97 bits per heavy atom. The van der Waals surface area contributed by atoms with Crippen molar-refractivity contribution in [3.05, 3.63) is 59.5 Å². The van der Waals surface area contributed by atoms with E-state index in [2.05, 4.69) is 58.1 Å². The molecule has 1 aromatic carbocycles. The van der Waals surface area contributed by atoms with Crippen molar-refractivity contribution in [2.24, 2.45) is 4.99 Å². The summed E-state index contributed by atoms with van der Waals surface area (Å²) in [5, 5.41) is 7.92. The zero-order valence-corrected chi connectivity index (χ0v) is 21.4. The van der Waals surface area contributed by atoms with E-state index in [0.29, 0.717) is 6.04 Å². The Bertz CT molecular complexity index is 768. The van der Waals surface area contributed by atoms with Crippen LogP contribution in [0.5, 0.6) is 0 Å². The van der Waals surface area contributed by atoms with E-state index >= 15 is 0 Å². The number of guanidine groups is 1. The molecule has 3 rings (SSSR count). The summed E-state index contributed by atoms with van der Waals surface area (Å²) < 4.78 is 5.47. The van der Waals surface area contributed by atoms with Crippen molar-refractivity contribution in [3.63, 3.8) is 0 Å². The Morgan fingerprint density at radius 3 is 2.67 bits per heavy atom. The molecule has 0 bridgehead atoms. The molecule has 2 N–H and O–H groups in total. The molecule has 2 unspecified atom stereocenters. The summed E-state index contributed by atoms with van der Waals surface area (Å²) in [7, 11) is 3.98. The third-order valence-electron chi connectivity index (χ3n) is 5.53. The van der Waals surface area contributed by atoms with Gasteiger partial charge < -0.3 is 15.1 Å². The highest BCUT2D eigenvalue weighted by atomic mass is 127. The van der Waals surface area contributed by atoms with Crippen LogP contribution in [0, 0.1) is 0 Å². The van der Waals surface area contributed by atoms with Crippen LogP contribution in [0.1, 0.15) is 42.6 Å². The zero-order chi connectivity index (χ0) is 20.5. The van der Waals surface area contributed by atoms with Crippen molar-refractivity contribution in [2.75, 3.05) is 20.4 Å². The van der Waals surface area contributed by atoms with Crippen molar-refractivity contribution in [1.29, 1.82) is 0 Å². The van der Waals surface area contributed by atoms with E-state index in [-0.39, 0.29) is 24.0 Å². The number of nitrogens with zero attached hydrogens (tertiary/aromatic N) is 2. The Morgan fingerprint density at radius 1 is 1.17 bits per heavy atom. The van der Waals surface area contributed by atoms with E-state index in [9.17, 15) is 0 Å². The highest BCUT2D eigenvalue weighted by Gasteiger charge is 2.22. The summed E-state index contributed by atoms with van der Waals surface area (Å²) in [6.07, 6.45) is 9.03. The molecular formula is C23H35IN4OS. The van der Waals surface area contributed by atoms with Crippen LogP contribution in [-0.2, 0) is 19.6 Å². The van der Waals surface area contributed by atoms with Crippen LogP contribution in [0.25, 0.3) is 0 Å². The largest absolute Gasteiger partial charge is 0.468 e. The second-order valence-corrected chi connectivity index (χ2v) is 8.95. The predicted molar refractivity (Wildman–Crippen MR) is 139 cm³/mol. The molecule has 0 spiro atoms. The van der Waals surface area contributed by atoms with Gasteiger partial charge in [-0.25, -0.2) is 0 Å². The molecule has 0 amide bonds. The van der Waals surface area contributed by atoms with Crippen molar-refractivity contribution in [1.82, 2.24) is 15.5 Å². The highest BCUT2D eigenvalue weighted by Crippen LogP contribution is 2.26. The highest BCUT2D eigenvalue weighted by molar-refractivity contribution is 14.0. The normalized spacial score (nSPS) is 19.4. The monoisotopic (exact) mass is 542 g/mol. The fourth-order valence-corrected chi connectivity index (χ4v) is 4.78. The third-order valence-corrected chi connectivity index (χ3v) is 6.63. The van der Waals surface area contributed by atoms with E-state index < -0.39 is 0 Å². The minimum Gasteiger partial charge on any atom is -0.468 e. The molecule has 1 heterocycles. The number of aliphatic imine (C=N–C) groups is 1. The van der Waals surface area contributed by atoms with Crippen LogP contribution < -0.4 is 10.6 Å². The Kier molecular flexibility index (Phi) is 11.1. The summed E-state index contributed by atoms with van der Waals surface area (Å²) in [6, 6.07) is 13.1. The van der Waals surface area contributed by atoms with Crippen LogP contribution in [0.2, 0.25) is 0 Å². The lowest BCUT2D eigenvalue weighted by Crippen LogP contribution is -2.45. The maximum atomic E-state index is 5.47. The SMILES string of the molecule is CN=C(NCc1ccccc1CN(C)Cc1ccco1)NC1CCCC(SC)C1.I. The Balaban J connectivity index is 0.00000320. The van der Waals surface area contributed by atoms with Gasteiger partial charge in [0, 0.05) is 31.4 Å². The number of thioether (sulfide) groups is 1. The zero-order valence-electron chi connectivity index (χ0n) is 18.3. The van der Waals surface area contributed by atoms with E-state index in [1.54, 1.807) is 6.26 Å². The molecule has 5 nitrogen and oxygen atoms in total. The molecule has 1 fully saturated rings. The molecule has 1 aliphatic carbocycles. The van der Waals surface area contributed by atoms with Gasteiger partial charge in [0.05, 0.1) is 12.8 Å². The number of hydrogen-bond donors (Lipinski definition) is 2. The fourth-order valence-electron chi connectivity index (χ4n) is 3.96. The molecule has 166 valence electrons. The van der Waals surface area contributed by atoms with Gasteiger partial charge in [-0.2, -0.15) is 11.8 Å². The first-order chi connectivity index (χ1) is 14.2. The van der Waals surface area contributed by atoms with Crippen LogP contribution >= 0.6 is 35.7 Å². The van der Waals surface area contributed by atoms with Gasteiger partial charge in [0.1, 0.15) is 5.76 Å². The van der Waals surface area contributed by atoms with Gasteiger partial charge in [-0.15, -0.1) is 24.0 Å². The van der Waals surface area contributed by atoms with Gasteiger partial charge in [-0.1, -0.05) is 30.7 Å². The number of nitrogens with one attached hydrogen (secondary N) is 2. The van der Waals surface area contributed by atoms with Crippen LogP contribution in [-0.4, -0.2) is 42.5 Å². The Hall–Kier alpha value is -1.19. The first kappa shape index (κ1) is 25.1. The van der Waals surface area contributed by atoms with E-state index in [0.717, 1.165) is 36.6 Å². The topological polar surface area (TPSA) is 52.8 Å². The molecule has 2 aromatic rings. The van der Waals surface area contributed by atoms with Gasteiger partial charge in [0.2, 0.25) is 0 Å². The van der Waals surface area contributed by atoms with E-state index in [1.165, 1.54) is 36.8 Å². The number of furan rings is 1. The fraction of sp³-hybridized carbons (Fsp3) is 0.522. The van der Waals surface area contributed by atoms with Crippen molar-refractivity contribution < 1.29 is 4.42 Å². The van der Waals surface area contributed by atoms with Crippen LogP contribution in [0.4, 0.5) is 0 Å². The predicted octanol–water partition coefficient (Wildman–Crippen LogP) is 4.87. The average Bonchev–Trinajstić information content (AvgIpc) is 3.25. The summed E-state index contributed by atoms with van der Waals surface area (Å²) in [5.74, 6) is 1.89. The standard InChI is InChI=1S/C23H34N4OS.HI/c1-24-23(26-20-10-6-12-22(14-20)29-3)25-15-18-8-4-5-9-19(18)16-27(2)17-21-11-7-13-28-21;/h4-5,7-9,11,13,20,22H,6,10,12,14-17H2,1-3H3,(H2,24,25,26);1H. The second kappa shape index (κ2) is 13.3. The molecule has 1 aromatic heterocycles. The molecule has 30 heavy (non-hydrogen) atoms. The summed E-state index contributed by atoms with van der Waals surface area (Å²) >= 11 is 1.99. The first-order valence-corrected chi connectivity index (χ1v) is 11.7. The lowest BCUT2D eigenvalue weighted by Gasteiger charge is -2.30. The minimum atomic E-state index is 0. The molecular weight excluding hydrogens is 507 g/mol. The molecule has 1 saturated carbocycles. The lowest BCUT2D eigenvalue weighted by molar-refractivity contribution is 0.287. The number of halogens is 1. The molecule has 2 atom stereocenters. The smallest absolute Gasteiger partial charge is 0.191 e. The van der Waals surface area contributed by atoms with E-state index in [1.807, 2.05) is 30.9 Å². The van der Waals surface area contributed by atoms with Gasteiger partial charge in [-0.05, 0) is 55.8 Å². The maximum Gasteiger partial charge on any atom is 0.191 e. The quantitative estimate of drug-likeness (QED) is 0.283. The Labute approximate surface area is 202 Å². The molecule has 0 radical (unpaired) electrons. The number of benzene rings is 1. The average molecular weight is 543 g/mol. The van der Waals surface area contributed by atoms with Crippen molar-refractivity contribution in [3.8, 4) is 0 Å². The van der Waals surface area contributed by atoms with Gasteiger partial charge in [-0.3, -0.25) is 9.89 Å². The third kappa shape index (κ3) is 7.81. The van der Waals surface area contributed by atoms with Crippen LogP contribution in [0.3, 0.4) is 0 Å². The minimum absolute atomic E-state index is 0. The van der Waals surface area contributed by atoms with Crippen LogP contribution in [0.15, 0.2) is 52.1 Å². The molecule has 1 aliphatic rings. The number of hydrogen-bond acceptors (Lipinski definition) is 4. The lowest BCUT2D eigenvalue weighted by atomic mass is 9.95. The molecule has 0 saturated heterocycles. The summed E-state index contributed by atoms with van der Waals surface area (Å²) in [5.41, 5.74) is 2.62. The molecule has 7 heteroatoms. The summed E-state index contributed by atoms with van der Waals surface area (Å²) in [4.78, 5) is 6.73. The van der Waals surface area contributed by atoms with Gasteiger partial charge >= 0.3 is 0 Å². The van der Waals surface area contributed by atoms with Gasteiger partial charge in [0.25, 0.3) is 0 Å². The van der Waals surface area contributed by atoms with Crippen molar-refractivity contribution >= 4 is 41.7 Å². The molecule has 0 aliphatic heterocycles. The van der Waals surface area contributed by atoms with Gasteiger partial charge in [0.15, 0.2) is 5.96 Å². The van der Waals surface area contributed by atoms with E-state index in [4.69, 9.17) is 4.42 Å². The van der Waals surface area contributed by atoms with Crippen molar-refractivity contribution in [2.45, 2.75) is 56.6 Å². The summed E-state index contributed by atoms with van der Waals surface area (Å²) in [6.45, 7) is 2.45. The number of rotatable bonds is 8.